The van der Waals surface area contributed by atoms with Crippen molar-refractivity contribution in [3.63, 3.8) is 0 Å². The van der Waals surface area contributed by atoms with Gasteiger partial charge in [0.2, 0.25) is 5.91 Å². The number of hydrogen-bond acceptors (Lipinski definition) is 4. The van der Waals surface area contributed by atoms with Gasteiger partial charge in [0.15, 0.2) is 6.61 Å². The molecule has 1 aromatic rings. The first-order valence-corrected chi connectivity index (χ1v) is 6.97. The Morgan fingerprint density at radius 3 is 2.71 bits per heavy atom. The predicted molar refractivity (Wildman–Crippen MR) is 80.4 cm³/mol. The lowest BCUT2D eigenvalue weighted by atomic mass is 9.99. The normalized spacial score (nSPS) is 13.3. The Balaban J connectivity index is 2.53. The van der Waals surface area contributed by atoms with Crippen molar-refractivity contribution in [2.24, 2.45) is 17.4 Å². The predicted octanol–water partition coefficient (Wildman–Crippen LogP) is 0.540. The van der Waals surface area contributed by atoms with Crippen LogP contribution in [0.25, 0.3) is 0 Å². The topological polar surface area (TPSA) is 107 Å². The van der Waals surface area contributed by atoms with Crippen LogP contribution in [0.4, 0.5) is 0 Å². The minimum atomic E-state index is -0.534. The number of amides is 2. The van der Waals surface area contributed by atoms with Gasteiger partial charge in [-0.05, 0) is 23.6 Å². The van der Waals surface area contributed by atoms with E-state index in [1.807, 2.05) is 19.9 Å². The Bertz CT molecular complexity index is 491. The average Bonchev–Trinajstić information content (AvgIpc) is 2.49. The highest BCUT2D eigenvalue weighted by Gasteiger charge is 2.18. The minimum Gasteiger partial charge on any atom is -0.484 e. The molecule has 6 heteroatoms. The van der Waals surface area contributed by atoms with Crippen LogP contribution in [0, 0.1) is 5.92 Å². The van der Waals surface area contributed by atoms with Gasteiger partial charge in [0.25, 0.3) is 5.91 Å². The molecule has 0 heterocycles. The summed E-state index contributed by atoms with van der Waals surface area (Å²) in [7, 11) is 0. The van der Waals surface area contributed by atoms with E-state index in [1.54, 1.807) is 18.2 Å². The molecule has 0 saturated carbocycles. The van der Waals surface area contributed by atoms with Crippen molar-refractivity contribution >= 4 is 11.8 Å². The molecule has 5 N–H and O–H groups in total. The van der Waals surface area contributed by atoms with Crippen LogP contribution in [-0.4, -0.2) is 24.5 Å². The third kappa shape index (κ3) is 5.83. The Kier molecular flexibility index (Phi) is 6.68. The second-order valence-corrected chi connectivity index (χ2v) is 5.03. The van der Waals surface area contributed by atoms with Crippen LogP contribution in [0.1, 0.15) is 25.8 Å². The van der Waals surface area contributed by atoms with Crippen LogP contribution in [0.3, 0.4) is 0 Å². The first-order chi connectivity index (χ1) is 9.93. The maximum Gasteiger partial charge on any atom is 0.255 e. The van der Waals surface area contributed by atoms with Crippen LogP contribution < -0.4 is 21.5 Å². The zero-order valence-corrected chi connectivity index (χ0v) is 12.5. The highest BCUT2D eigenvalue weighted by molar-refractivity contribution is 5.81. The highest BCUT2D eigenvalue weighted by atomic mass is 16.5. The van der Waals surface area contributed by atoms with Gasteiger partial charge in [0.1, 0.15) is 5.75 Å². The number of carbonyl (C=O) groups is 2. The number of primary amides is 1. The zero-order chi connectivity index (χ0) is 15.8. The van der Waals surface area contributed by atoms with E-state index in [0.717, 1.165) is 12.0 Å². The van der Waals surface area contributed by atoms with Crippen LogP contribution in [0.2, 0.25) is 0 Å². The molecule has 0 aliphatic heterocycles. The summed E-state index contributed by atoms with van der Waals surface area (Å²) < 4.78 is 5.21. The molecule has 21 heavy (non-hydrogen) atoms. The standard InChI is InChI=1S/C15H23N3O3/c1-3-10(2)14(17)15(20)18-8-11-5-4-6-12(7-11)21-9-13(16)19/h4-7,10,14H,3,8-9,17H2,1-2H3,(H2,16,19)(H,18,20). The van der Waals surface area contributed by atoms with Crippen LogP contribution >= 0.6 is 0 Å². The third-order valence-electron chi connectivity index (χ3n) is 3.31. The van der Waals surface area contributed by atoms with Gasteiger partial charge in [-0.15, -0.1) is 0 Å². The van der Waals surface area contributed by atoms with E-state index in [2.05, 4.69) is 5.32 Å². The Hall–Kier alpha value is -2.08. The second-order valence-electron chi connectivity index (χ2n) is 5.03. The third-order valence-corrected chi connectivity index (χ3v) is 3.31. The fraction of sp³-hybridized carbons (Fsp3) is 0.467. The van der Waals surface area contributed by atoms with Gasteiger partial charge in [0.05, 0.1) is 6.04 Å². The fourth-order valence-electron chi connectivity index (χ4n) is 1.72. The van der Waals surface area contributed by atoms with Crippen molar-refractivity contribution < 1.29 is 14.3 Å². The summed E-state index contributed by atoms with van der Waals surface area (Å²) in [6.45, 7) is 4.13. The average molecular weight is 293 g/mol. The molecular weight excluding hydrogens is 270 g/mol. The summed E-state index contributed by atoms with van der Waals surface area (Å²) in [6, 6.07) is 6.60. The zero-order valence-electron chi connectivity index (χ0n) is 12.5. The van der Waals surface area contributed by atoms with Gasteiger partial charge < -0.3 is 21.5 Å². The molecule has 1 aromatic carbocycles. The smallest absolute Gasteiger partial charge is 0.255 e. The van der Waals surface area contributed by atoms with E-state index in [9.17, 15) is 9.59 Å². The van der Waals surface area contributed by atoms with E-state index < -0.39 is 11.9 Å². The molecule has 2 amide bonds. The molecule has 0 bridgehead atoms. The van der Waals surface area contributed by atoms with Gasteiger partial charge in [-0.3, -0.25) is 9.59 Å². The van der Waals surface area contributed by atoms with Crippen molar-refractivity contribution in [2.45, 2.75) is 32.9 Å². The summed E-state index contributed by atoms with van der Waals surface area (Å²) in [5.41, 5.74) is 11.7. The summed E-state index contributed by atoms with van der Waals surface area (Å²) in [4.78, 5) is 22.6. The fourth-order valence-corrected chi connectivity index (χ4v) is 1.72. The van der Waals surface area contributed by atoms with Crippen LogP contribution in [0.15, 0.2) is 24.3 Å². The summed E-state index contributed by atoms with van der Waals surface area (Å²) in [5.74, 6) is -0.0388. The van der Waals surface area contributed by atoms with Gasteiger partial charge in [-0.1, -0.05) is 32.4 Å². The van der Waals surface area contributed by atoms with Crippen molar-refractivity contribution in [3.05, 3.63) is 29.8 Å². The van der Waals surface area contributed by atoms with Crippen molar-refractivity contribution in [1.82, 2.24) is 5.32 Å². The lowest BCUT2D eigenvalue weighted by Crippen LogP contribution is -2.44. The largest absolute Gasteiger partial charge is 0.484 e. The molecular formula is C15H23N3O3. The summed E-state index contributed by atoms with van der Waals surface area (Å²) >= 11 is 0. The van der Waals surface area contributed by atoms with E-state index in [4.69, 9.17) is 16.2 Å². The Morgan fingerprint density at radius 1 is 1.38 bits per heavy atom. The van der Waals surface area contributed by atoms with E-state index in [0.29, 0.717) is 12.3 Å². The van der Waals surface area contributed by atoms with Gasteiger partial charge in [-0.25, -0.2) is 0 Å². The molecule has 0 aromatic heterocycles. The molecule has 6 nitrogen and oxygen atoms in total. The van der Waals surface area contributed by atoms with Crippen molar-refractivity contribution in [2.75, 3.05) is 6.61 Å². The summed E-state index contributed by atoms with van der Waals surface area (Å²) in [5, 5.41) is 2.79. The molecule has 0 aliphatic rings. The van der Waals surface area contributed by atoms with Crippen molar-refractivity contribution in [3.8, 4) is 5.75 Å². The van der Waals surface area contributed by atoms with Gasteiger partial charge in [-0.2, -0.15) is 0 Å². The number of rotatable bonds is 8. The number of nitrogens with two attached hydrogens (primary N) is 2. The molecule has 0 spiro atoms. The van der Waals surface area contributed by atoms with Crippen LogP contribution in [0.5, 0.6) is 5.75 Å². The van der Waals surface area contributed by atoms with Crippen LogP contribution in [-0.2, 0) is 16.1 Å². The Morgan fingerprint density at radius 2 is 2.10 bits per heavy atom. The molecule has 2 unspecified atom stereocenters. The first-order valence-electron chi connectivity index (χ1n) is 6.97. The molecule has 116 valence electrons. The minimum absolute atomic E-state index is 0.134. The maximum atomic E-state index is 11.9. The summed E-state index contributed by atoms with van der Waals surface area (Å²) in [6.07, 6.45) is 0.852. The lowest BCUT2D eigenvalue weighted by Gasteiger charge is -2.17. The first kappa shape index (κ1) is 17.0. The molecule has 0 saturated heterocycles. The van der Waals surface area contributed by atoms with Gasteiger partial charge >= 0.3 is 0 Å². The molecule has 0 fully saturated rings. The number of carbonyl (C=O) groups excluding carboxylic acids is 2. The van der Waals surface area contributed by atoms with E-state index in [1.165, 1.54) is 0 Å². The second kappa shape index (κ2) is 8.26. The quantitative estimate of drug-likeness (QED) is 0.650. The number of ether oxygens (including phenoxy) is 1. The SMILES string of the molecule is CCC(C)C(N)C(=O)NCc1cccc(OCC(N)=O)c1. The lowest BCUT2D eigenvalue weighted by molar-refractivity contribution is -0.123. The number of benzene rings is 1. The molecule has 0 radical (unpaired) electrons. The number of hydrogen-bond donors (Lipinski definition) is 3. The van der Waals surface area contributed by atoms with Gasteiger partial charge in [0, 0.05) is 6.54 Å². The van der Waals surface area contributed by atoms with Crippen molar-refractivity contribution in [1.29, 1.82) is 0 Å². The number of nitrogens with one attached hydrogen (secondary N) is 1. The highest BCUT2D eigenvalue weighted by Crippen LogP contribution is 2.13. The molecule has 0 aliphatic carbocycles. The Labute approximate surface area is 124 Å². The maximum absolute atomic E-state index is 11.9. The van der Waals surface area contributed by atoms with E-state index in [-0.39, 0.29) is 18.4 Å². The monoisotopic (exact) mass is 293 g/mol. The van der Waals surface area contributed by atoms with E-state index >= 15 is 0 Å². The molecule has 1 rings (SSSR count). The molecule has 2 atom stereocenters.